The van der Waals surface area contributed by atoms with Crippen LogP contribution in [0.4, 0.5) is 0 Å². The summed E-state index contributed by atoms with van der Waals surface area (Å²) in [7, 11) is 0. The lowest BCUT2D eigenvalue weighted by molar-refractivity contribution is -0.00563. The van der Waals surface area contributed by atoms with Crippen LogP contribution in [0.3, 0.4) is 0 Å². The van der Waals surface area contributed by atoms with Crippen LogP contribution in [0.1, 0.15) is 5.01 Å². The summed E-state index contributed by atoms with van der Waals surface area (Å²) >= 11 is 13.0. The van der Waals surface area contributed by atoms with E-state index in [0.29, 0.717) is 5.01 Å². The van der Waals surface area contributed by atoms with Crippen molar-refractivity contribution in [2.24, 2.45) is 0 Å². The Morgan fingerprint density at radius 1 is 1.75 bits per heavy atom. The zero-order valence-corrected chi connectivity index (χ0v) is 8.20. The average Bonchev–Trinajstić information content (AvgIpc) is 2.59. The molecule has 66 valence electrons. The molecule has 1 fully saturated rings. The topological polar surface area (TPSA) is 31.4 Å². The molecule has 0 N–H and O–H groups in total. The second kappa shape index (κ2) is 3.12. The summed E-state index contributed by atoms with van der Waals surface area (Å²) in [4.78, 5) is 4.03. The van der Waals surface area contributed by atoms with Gasteiger partial charge in [-0.15, -0.1) is 11.3 Å². The molecular weight excluding hydrogens is 221 g/mol. The van der Waals surface area contributed by atoms with Gasteiger partial charge in [-0.3, -0.25) is 0 Å². The fraction of sp³-hybridized carbons (Fsp3) is 0.500. The number of halogens is 2. The predicted molar refractivity (Wildman–Crippen MR) is 46.3 cm³/mol. The van der Waals surface area contributed by atoms with Crippen molar-refractivity contribution >= 4 is 34.5 Å². The van der Waals surface area contributed by atoms with Gasteiger partial charge in [0, 0.05) is 11.6 Å². The maximum Gasteiger partial charge on any atom is 0.239 e. The van der Waals surface area contributed by atoms with Crippen molar-refractivity contribution in [3.05, 3.63) is 16.6 Å². The average molecular weight is 226 g/mol. The fourth-order valence-corrected chi connectivity index (χ4v) is 2.15. The van der Waals surface area contributed by atoms with Crippen molar-refractivity contribution in [3.8, 4) is 0 Å². The number of rotatable bonds is 1. The van der Waals surface area contributed by atoms with Crippen LogP contribution in [0.25, 0.3) is 0 Å². The zero-order chi connectivity index (χ0) is 8.60. The number of hydrogen-bond acceptors (Lipinski definition) is 4. The Labute approximate surface area is 83.2 Å². The second-order valence-corrected chi connectivity index (χ2v) is 4.13. The first kappa shape index (κ1) is 8.72. The molecule has 2 unspecified atom stereocenters. The molecule has 0 amide bonds. The van der Waals surface area contributed by atoms with Gasteiger partial charge in [-0.1, -0.05) is 23.2 Å². The molecule has 0 aliphatic carbocycles. The summed E-state index contributed by atoms with van der Waals surface area (Å²) < 4.78 is 10.1. The van der Waals surface area contributed by atoms with Crippen LogP contribution in [0.15, 0.2) is 11.6 Å². The van der Waals surface area contributed by atoms with Crippen molar-refractivity contribution in [2.75, 3.05) is 6.61 Å². The molecule has 1 aromatic heterocycles. The maximum absolute atomic E-state index is 6.05. The minimum Gasteiger partial charge on any atom is -0.335 e. The lowest BCUT2D eigenvalue weighted by atomic mass is 10.4. The first-order valence-corrected chi connectivity index (χ1v) is 4.92. The fourth-order valence-electron chi connectivity index (χ4n) is 0.908. The second-order valence-electron chi connectivity index (χ2n) is 2.27. The lowest BCUT2D eigenvalue weighted by Crippen LogP contribution is -2.20. The molecule has 2 atom stereocenters. The van der Waals surface area contributed by atoms with Gasteiger partial charge in [0.05, 0.1) is 0 Å². The van der Waals surface area contributed by atoms with Gasteiger partial charge in [-0.2, -0.15) is 0 Å². The van der Waals surface area contributed by atoms with Gasteiger partial charge in [-0.25, -0.2) is 4.98 Å². The summed E-state index contributed by atoms with van der Waals surface area (Å²) in [6, 6.07) is 0. The molecule has 0 radical (unpaired) electrons. The third kappa shape index (κ3) is 1.45. The van der Waals surface area contributed by atoms with Crippen LogP contribution in [0, 0.1) is 0 Å². The van der Waals surface area contributed by atoms with E-state index in [0.717, 1.165) is 0 Å². The molecule has 2 heterocycles. The number of nitrogens with zero attached hydrogens (tertiary/aromatic N) is 1. The lowest BCUT2D eigenvalue weighted by Gasteiger charge is -2.14. The van der Waals surface area contributed by atoms with Crippen molar-refractivity contribution in [2.45, 2.75) is 10.8 Å². The van der Waals surface area contributed by atoms with Gasteiger partial charge in [0.25, 0.3) is 0 Å². The van der Waals surface area contributed by atoms with E-state index >= 15 is 0 Å². The van der Waals surface area contributed by atoms with Gasteiger partial charge in [0.15, 0.2) is 0 Å². The number of hydrogen-bond donors (Lipinski definition) is 0. The Hall–Kier alpha value is 0.130. The highest BCUT2D eigenvalue weighted by Crippen LogP contribution is 2.39. The summed E-state index contributed by atoms with van der Waals surface area (Å²) in [5.74, 6) is -0.772. The molecule has 1 saturated heterocycles. The molecule has 0 spiro atoms. The highest BCUT2D eigenvalue weighted by atomic mass is 35.5. The van der Waals surface area contributed by atoms with Gasteiger partial charge in [0.2, 0.25) is 10.8 Å². The molecule has 0 saturated carbocycles. The Kier molecular flexibility index (Phi) is 2.27. The normalized spacial score (nSPS) is 35.7. The first-order valence-electron chi connectivity index (χ1n) is 3.23. The summed E-state index contributed by atoms with van der Waals surface area (Å²) in [5.41, 5.74) is 0. The molecule has 1 aromatic rings. The third-order valence-electron chi connectivity index (χ3n) is 1.43. The first-order chi connectivity index (χ1) is 5.71. The van der Waals surface area contributed by atoms with Crippen molar-refractivity contribution < 1.29 is 9.47 Å². The van der Waals surface area contributed by atoms with Gasteiger partial charge < -0.3 is 9.47 Å². The summed E-state index contributed by atoms with van der Waals surface area (Å²) in [5, 5.41) is 1.51. The van der Waals surface area contributed by atoms with E-state index in [1.54, 1.807) is 6.20 Å². The van der Waals surface area contributed by atoms with E-state index in [9.17, 15) is 0 Å². The Balaban J connectivity index is 2.23. The Bertz CT molecular complexity index is 269. The van der Waals surface area contributed by atoms with E-state index in [2.05, 4.69) is 4.98 Å². The third-order valence-corrected chi connectivity index (χ3v) is 3.05. The number of ether oxygens (including phenoxy) is 2. The quantitative estimate of drug-likeness (QED) is 0.687. The monoisotopic (exact) mass is 225 g/mol. The SMILES string of the molecule is ClC1OCC(Cl)(c2nccs2)O1. The minimum atomic E-state index is -0.986. The molecule has 0 bridgehead atoms. The number of thiazole rings is 1. The van der Waals surface area contributed by atoms with E-state index in [1.807, 2.05) is 5.38 Å². The highest BCUT2D eigenvalue weighted by molar-refractivity contribution is 7.10. The van der Waals surface area contributed by atoms with Crippen LogP contribution in [0.5, 0.6) is 0 Å². The zero-order valence-electron chi connectivity index (χ0n) is 5.87. The molecule has 6 heteroatoms. The molecule has 1 aliphatic heterocycles. The molecule has 0 aromatic carbocycles. The van der Waals surface area contributed by atoms with E-state index in [4.69, 9.17) is 32.7 Å². The van der Waals surface area contributed by atoms with E-state index < -0.39 is 10.8 Å². The molecule has 3 nitrogen and oxygen atoms in total. The summed E-state index contributed by atoms with van der Waals surface area (Å²) in [6.07, 6.45) is 1.66. The highest BCUT2D eigenvalue weighted by Gasteiger charge is 2.42. The van der Waals surface area contributed by atoms with Crippen LogP contribution in [0.2, 0.25) is 0 Å². The summed E-state index contributed by atoms with van der Waals surface area (Å²) in [6.45, 7) is 0.232. The standard InChI is InChI=1S/C6H5Cl2NO2S/c7-5-10-3-6(8,11-5)4-9-1-2-12-4/h1-2,5H,3H2. The Morgan fingerprint density at radius 3 is 3.08 bits per heavy atom. The number of alkyl halides is 2. The largest absolute Gasteiger partial charge is 0.335 e. The minimum absolute atomic E-state index is 0.232. The van der Waals surface area contributed by atoms with Crippen LogP contribution in [-0.4, -0.2) is 17.3 Å². The van der Waals surface area contributed by atoms with Gasteiger partial charge in [-0.05, 0) is 0 Å². The van der Waals surface area contributed by atoms with Crippen molar-refractivity contribution in [1.82, 2.24) is 4.98 Å². The van der Waals surface area contributed by atoms with Crippen LogP contribution < -0.4 is 0 Å². The van der Waals surface area contributed by atoms with Crippen molar-refractivity contribution in [1.29, 1.82) is 0 Å². The smallest absolute Gasteiger partial charge is 0.239 e. The molecule has 12 heavy (non-hydrogen) atoms. The van der Waals surface area contributed by atoms with Gasteiger partial charge in [0.1, 0.15) is 11.6 Å². The van der Waals surface area contributed by atoms with Crippen molar-refractivity contribution in [3.63, 3.8) is 0 Å². The van der Waals surface area contributed by atoms with Gasteiger partial charge >= 0.3 is 0 Å². The Morgan fingerprint density at radius 2 is 2.58 bits per heavy atom. The van der Waals surface area contributed by atoms with E-state index in [1.165, 1.54) is 11.3 Å². The van der Waals surface area contributed by atoms with Crippen LogP contribution >= 0.6 is 34.5 Å². The maximum atomic E-state index is 6.05. The number of aromatic nitrogens is 1. The predicted octanol–water partition coefficient (Wildman–Crippen LogP) is 2.10. The van der Waals surface area contributed by atoms with E-state index in [-0.39, 0.29) is 6.61 Å². The molecule has 2 rings (SSSR count). The molecular formula is C6H5Cl2NO2S. The molecule has 1 aliphatic rings. The van der Waals surface area contributed by atoms with Crippen LogP contribution in [-0.2, 0) is 14.5 Å².